The molecule has 2 aliphatic heterocycles. The second-order valence-electron chi connectivity index (χ2n) is 5.83. The average Bonchev–Trinajstić information content (AvgIpc) is 2.45. The van der Waals surface area contributed by atoms with Gasteiger partial charge < -0.3 is 5.32 Å². The first-order chi connectivity index (χ1) is 9.24. The van der Waals surface area contributed by atoms with Crippen LogP contribution in [0, 0.1) is 0 Å². The van der Waals surface area contributed by atoms with Crippen molar-refractivity contribution in [2.75, 3.05) is 43.4 Å². The van der Waals surface area contributed by atoms with Crippen LogP contribution in [-0.4, -0.2) is 59.6 Å². The lowest BCUT2D eigenvalue weighted by Crippen LogP contribution is -2.44. The number of piperidine rings is 1. The molecule has 19 heavy (non-hydrogen) atoms. The molecule has 2 aliphatic rings. The van der Waals surface area contributed by atoms with Crippen molar-refractivity contribution in [3.63, 3.8) is 0 Å². The van der Waals surface area contributed by atoms with Gasteiger partial charge in [-0.15, -0.1) is 0 Å². The number of rotatable bonds is 5. The first kappa shape index (κ1) is 15.7. The number of nitrogens with zero attached hydrogens (tertiary/aromatic N) is 1. The van der Waals surface area contributed by atoms with Crippen molar-refractivity contribution in [1.29, 1.82) is 0 Å². The molecule has 1 unspecified atom stereocenters. The SMILES string of the molecule is CC(C)=CCN1CCC(NCC2CSCCS2)CC1. The van der Waals surface area contributed by atoms with E-state index < -0.39 is 0 Å². The summed E-state index contributed by atoms with van der Waals surface area (Å²) in [7, 11) is 0. The summed E-state index contributed by atoms with van der Waals surface area (Å²) in [6.07, 6.45) is 4.99. The quantitative estimate of drug-likeness (QED) is 0.785. The van der Waals surface area contributed by atoms with Gasteiger partial charge in [0.15, 0.2) is 0 Å². The van der Waals surface area contributed by atoms with Crippen LogP contribution in [0.25, 0.3) is 0 Å². The third-order valence-corrected chi connectivity index (χ3v) is 6.71. The van der Waals surface area contributed by atoms with Crippen LogP contribution in [0.3, 0.4) is 0 Å². The molecule has 0 bridgehead atoms. The third-order valence-electron chi connectivity index (χ3n) is 3.86. The summed E-state index contributed by atoms with van der Waals surface area (Å²) in [6.45, 7) is 9.25. The Morgan fingerprint density at radius 2 is 2.05 bits per heavy atom. The highest BCUT2D eigenvalue weighted by Gasteiger charge is 2.20. The summed E-state index contributed by atoms with van der Waals surface area (Å²) in [5, 5.41) is 4.65. The largest absolute Gasteiger partial charge is 0.313 e. The number of likely N-dealkylation sites (tertiary alicyclic amines) is 1. The molecule has 2 fully saturated rings. The van der Waals surface area contributed by atoms with Gasteiger partial charge in [0.25, 0.3) is 0 Å². The molecule has 4 heteroatoms. The van der Waals surface area contributed by atoms with Crippen molar-refractivity contribution >= 4 is 23.5 Å². The molecule has 0 aliphatic carbocycles. The van der Waals surface area contributed by atoms with Crippen molar-refractivity contribution < 1.29 is 0 Å². The molecule has 0 radical (unpaired) electrons. The standard InChI is InChI=1S/C15H28N2S2/c1-13(2)3-6-17-7-4-14(5-8-17)16-11-15-12-18-9-10-19-15/h3,14-16H,4-12H2,1-2H3. The molecule has 1 atom stereocenters. The molecular formula is C15H28N2S2. The van der Waals surface area contributed by atoms with Crippen LogP contribution in [0.2, 0.25) is 0 Å². The van der Waals surface area contributed by atoms with Gasteiger partial charge in [0.1, 0.15) is 0 Å². The van der Waals surface area contributed by atoms with E-state index in [0.717, 1.165) is 17.8 Å². The third kappa shape index (κ3) is 6.11. The zero-order valence-corrected chi connectivity index (χ0v) is 14.0. The summed E-state index contributed by atoms with van der Waals surface area (Å²) in [6, 6.07) is 0.760. The van der Waals surface area contributed by atoms with Gasteiger partial charge in [0.2, 0.25) is 0 Å². The average molecular weight is 301 g/mol. The molecular weight excluding hydrogens is 272 g/mol. The first-order valence-corrected chi connectivity index (χ1v) is 9.73. The number of hydrogen-bond acceptors (Lipinski definition) is 4. The van der Waals surface area contributed by atoms with E-state index in [0.29, 0.717) is 0 Å². The van der Waals surface area contributed by atoms with Crippen LogP contribution in [-0.2, 0) is 0 Å². The van der Waals surface area contributed by atoms with Gasteiger partial charge in [-0.3, -0.25) is 4.90 Å². The minimum Gasteiger partial charge on any atom is -0.313 e. The predicted octanol–water partition coefficient (Wildman–Crippen LogP) is 2.86. The summed E-state index contributed by atoms with van der Waals surface area (Å²) < 4.78 is 0. The Bertz CT molecular complexity index is 276. The molecule has 110 valence electrons. The van der Waals surface area contributed by atoms with E-state index >= 15 is 0 Å². The van der Waals surface area contributed by atoms with Gasteiger partial charge in [-0.25, -0.2) is 0 Å². The molecule has 0 saturated carbocycles. The number of nitrogens with one attached hydrogen (secondary N) is 1. The zero-order chi connectivity index (χ0) is 13.5. The van der Waals surface area contributed by atoms with Crippen LogP contribution < -0.4 is 5.32 Å². The second-order valence-corrected chi connectivity index (χ2v) is 8.39. The first-order valence-electron chi connectivity index (χ1n) is 7.52. The molecule has 2 nitrogen and oxygen atoms in total. The highest BCUT2D eigenvalue weighted by molar-refractivity contribution is 8.06. The highest BCUT2D eigenvalue weighted by atomic mass is 32.2. The Hall–Kier alpha value is 0.360. The fraction of sp³-hybridized carbons (Fsp3) is 0.867. The summed E-state index contributed by atoms with van der Waals surface area (Å²) >= 11 is 4.29. The molecule has 2 heterocycles. The zero-order valence-electron chi connectivity index (χ0n) is 12.4. The van der Waals surface area contributed by atoms with E-state index in [1.807, 2.05) is 0 Å². The molecule has 0 amide bonds. The fourth-order valence-corrected chi connectivity index (χ4v) is 5.21. The predicted molar refractivity (Wildman–Crippen MR) is 90.5 cm³/mol. The Kier molecular flexibility index (Phi) is 7.13. The van der Waals surface area contributed by atoms with Gasteiger partial charge in [-0.1, -0.05) is 11.6 Å². The number of allylic oxidation sites excluding steroid dienone is 1. The molecule has 1 N–H and O–H groups in total. The van der Waals surface area contributed by atoms with E-state index in [1.165, 1.54) is 55.3 Å². The maximum atomic E-state index is 3.80. The van der Waals surface area contributed by atoms with E-state index in [1.54, 1.807) is 0 Å². The Morgan fingerprint density at radius 3 is 2.68 bits per heavy atom. The summed E-state index contributed by atoms with van der Waals surface area (Å²) in [5.41, 5.74) is 1.44. The monoisotopic (exact) mass is 300 g/mol. The van der Waals surface area contributed by atoms with Crippen molar-refractivity contribution in [3.8, 4) is 0 Å². The van der Waals surface area contributed by atoms with E-state index in [4.69, 9.17) is 0 Å². The maximum absolute atomic E-state index is 3.80. The number of thioether (sulfide) groups is 2. The topological polar surface area (TPSA) is 15.3 Å². The lowest BCUT2D eigenvalue weighted by molar-refractivity contribution is 0.215. The molecule has 0 aromatic carbocycles. The van der Waals surface area contributed by atoms with Gasteiger partial charge in [0.05, 0.1) is 0 Å². The second kappa shape index (κ2) is 8.60. The Balaban J connectivity index is 1.59. The fourth-order valence-electron chi connectivity index (χ4n) is 2.58. The van der Waals surface area contributed by atoms with Crippen LogP contribution in [0.1, 0.15) is 26.7 Å². The van der Waals surface area contributed by atoms with Crippen LogP contribution in [0.15, 0.2) is 11.6 Å². The van der Waals surface area contributed by atoms with E-state index in [9.17, 15) is 0 Å². The minimum absolute atomic E-state index is 0.760. The molecule has 0 spiro atoms. The highest BCUT2D eigenvalue weighted by Crippen LogP contribution is 2.23. The maximum Gasteiger partial charge on any atom is 0.0263 e. The van der Waals surface area contributed by atoms with Gasteiger partial charge >= 0.3 is 0 Å². The number of hydrogen-bond donors (Lipinski definition) is 1. The van der Waals surface area contributed by atoms with Crippen LogP contribution in [0.4, 0.5) is 0 Å². The normalized spacial score (nSPS) is 26.3. The van der Waals surface area contributed by atoms with Crippen LogP contribution >= 0.6 is 23.5 Å². The van der Waals surface area contributed by atoms with Crippen molar-refractivity contribution in [2.24, 2.45) is 0 Å². The van der Waals surface area contributed by atoms with E-state index in [-0.39, 0.29) is 0 Å². The van der Waals surface area contributed by atoms with Crippen molar-refractivity contribution in [1.82, 2.24) is 10.2 Å². The minimum atomic E-state index is 0.760. The van der Waals surface area contributed by atoms with Gasteiger partial charge in [-0.2, -0.15) is 23.5 Å². The van der Waals surface area contributed by atoms with Crippen LogP contribution in [0.5, 0.6) is 0 Å². The van der Waals surface area contributed by atoms with Crippen molar-refractivity contribution in [2.45, 2.75) is 38.0 Å². The molecule has 2 saturated heterocycles. The van der Waals surface area contributed by atoms with Gasteiger partial charge in [-0.05, 0) is 39.8 Å². The Labute approximate surface area is 127 Å². The summed E-state index contributed by atoms with van der Waals surface area (Å²) in [5.74, 6) is 4.04. The molecule has 0 aromatic rings. The molecule has 0 aromatic heterocycles. The lowest BCUT2D eigenvalue weighted by Gasteiger charge is -2.33. The Morgan fingerprint density at radius 1 is 1.26 bits per heavy atom. The lowest BCUT2D eigenvalue weighted by atomic mass is 10.0. The van der Waals surface area contributed by atoms with Gasteiger partial charge in [0, 0.05) is 41.6 Å². The smallest absolute Gasteiger partial charge is 0.0263 e. The summed E-state index contributed by atoms with van der Waals surface area (Å²) in [4.78, 5) is 2.58. The van der Waals surface area contributed by atoms with E-state index in [2.05, 4.69) is 53.7 Å². The van der Waals surface area contributed by atoms with Crippen molar-refractivity contribution in [3.05, 3.63) is 11.6 Å². The molecule has 2 rings (SSSR count).